The Bertz CT molecular complexity index is 476. The van der Waals surface area contributed by atoms with Gasteiger partial charge in [-0.15, -0.1) is 0 Å². The van der Waals surface area contributed by atoms with E-state index in [0.29, 0.717) is 18.0 Å². The highest BCUT2D eigenvalue weighted by molar-refractivity contribution is 5.60. The fourth-order valence-electron chi connectivity index (χ4n) is 3.32. The molecule has 1 aromatic rings. The van der Waals surface area contributed by atoms with Gasteiger partial charge in [0.15, 0.2) is 0 Å². The fourth-order valence-corrected chi connectivity index (χ4v) is 3.32. The van der Waals surface area contributed by atoms with E-state index in [4.69, 9.17) is 0 Å². The number of fused-ring (bicyclic) bond motifs is 2. The Morgan fingerprint density at radius 3 is 2.58 bits per heavy atom. The highest BCUT2D eigenvalue weighted by atomic mass is 15.1. The quantitative estimate of drug-likeness (QED) is 0.874. The van der Waals surface area contributed by atoms with Crippen molar-refractivity contribution in [1.82, 2.24) is 4.90 Å². The van der Waals surface area contributed by atoms with Gasteiger partial charge >= 0.3 is 0 Å². The second-order valence-electron chi connectivity index (χ2n) is 6.79. The molecule has 0 amide bonds. The molecule has 104 valence electrons. The lowest BCUT2D eigenvalue weighted by Crippen LogP contribution is -2.35. The molecule has 1 unspecified atom stereocenters. The molecule has 2 aliphatic rings. The summed E-state index contributed by atoms with van der Waals surface area (Å²) in [5.41, 5.74) is 6.05. The minimum atomic E-state index is 0.625. The molecular weight excluding hydrogens is 232 g/mol. The first kappa shape index (κ1) is 13.0. The normalized spacial score (nSPS) is 22.5. The SMILES string of the molecule is CC(C)C1Cc2cc3c(cc2N1)CN(C(C)C)CC3. The largest absolute Gasteiger partial charge is 0.381 e. The zero-order chi connectivity index (χ0) is 13.6. The second-order valence-corrected chi connectivity index (χ2v) is 6.79. The third kappa shape index (κ3) is 2.38. The predicted octanol–water partition coefficient (Wildman–Crippen LogP) is 3.45. The topological polar surface area (TPSA) is 15.3 Å². The monoisotopic (exact) mass is 258 g/mol. The number of anilines is 1. The van der Waals surface area contributed by atoms with Gasteiger partial charge in [-0.2, -0.15) is 0 Å². The van der Waals surface area contributed by atoms with Crippen LogP contribution >= 0.6 is 0 Å². The van der Waals surface area contributed by atoms with Gasteiger partial charge < -0.3 is 5.32 Å². The van der Waals surface area contributed by atoms with Crippen LogP contribution in [-0.4, -0.2) is 23.5 Å². The fraction of sp³-hybridized carbons (Fsp3) is 0.647. The minimum Gasteiger partial charge on any atom is -0.381 e. The second kappa shape index (κ2) is 4.82. The van der Waals surface area contributed by atoms with Gasteiger partial charge in [0.05, 0.1) is 0 Å². The molecule has 2 nitrogen and oxygen atoms in total. The van der Waals surface area contributed by atoms with Gasteiger partial charge in [0.1, 0.15) is 0 Å². The van der Waals surface area contributed by atoms with Crippen molar-refractivity contribution in [1.29, 1.82) is 0 Å². The molecule has 0 fully saturated rings. The molecule has 0 saturated carbocycles. The summed E-state index contributed by atoms with van der Waals surface area (Å²) in [5.74, 6) is 0.705. The number of hydrogen-bond acceptors (Lipinski definition) is 2. The van der Waals surface area contributed by atoms with Crippen molar-refractivity contribution < 1.29 is 0 Å². The molecule has 1 N–H and O–H groups in total. The number of hydrogen-bond donors (Lipinski definition) is 1. The maximum Gasteiger partial charge on any atom is 0.0379 e. The standard InChI is InChI=1S/C17H26N2/c1-11(2)16-8-14-7-13-5-6-19(12(3)4)10-15(13)9-17(14)18-16/h7,9,11-12,16,18H,5-6,8,10H2,1-4H3. The summed E-state index contributed by atoms with van der Waals surface area (Å²) in [6, 6.07) is 6.16. The summed E-state index contributed by atoms with van der Waals surface area (Å²) >= 11 is 0. The van der Waals surface area contributed by atoms with E-state index >= 15 is 0 Å². The maximum absolute atomic E-state index is 3.71. The summed E-state index contributed by atoms with van der Waals surface area (Å²) in [6.07, 6.45) is 2.42. The van der Waals surface area contributed by atoms with Crippen LogP contribution in [0.1, 0.15) is 44.4 Å². The molecule has 0 aromatic heterocycles. The zero-order valence-corrected chi connectivity index (χ0v) is 12.7. The van der Waals surface area contributed by atoms with Crippen molar-refractivity contribution in [2.24, 2.45) is 5.92 Å². The van der Waals surface area contributed by atoms with E-state index in [1.807, 2.05) is 0 Å². The van der Waals surface area contributed by atoms with E-state index in [2.05, 4.69) is 50.0 Å². The van der Waals surface area contributed by atoms with Gasteiger partial charge in [0, 0.05) is 30.9 Å². The smallest absolute Gasteiger partial charge is 0.0379 e. The molecule has 1 atom stereocenters. The molecule has 3 rings (SSSR count). The van der Waals surface area contributed by atoms with Crippen molar-refractivity contribution in [3.63, 3.8) is 0 Å². The Kier molecular flexibility index (Phi) is 3.30. The van der Waals surface area contributed by atoms with Crippen molar-refractivity contribution in [2.75, 3.05) is 11.9 Å². The van der Waals surface area contributed by atoms with Crippen LogP contribution in [0.3, 0.4) is 0 Å². The lowest BCUT2D eigenvalue weighted by Gasteiger charge is -2.32. The zero-order valence-electron chi connectivity index (χ0n) is 12.7. The van der Waals surface area contributed by atoms with Crippen LogP contribution in [0.15, 0.2) is 12.1 Å². The molecule has 0 spiro atoms. The van der Waals surface area contributed by atoms with Crippen LogP contribution in [-0.2, 0) is 19.4 Å². The minimum absolute atomic E-state index is 0.625. The summed E-state index contributed by atoms with van der Waals surface area (Å²) in [5, 5.41) is 3.71. The van der Waals surface area contributed by atoms with Crippen molar-refractivity contribution in [2.45, 2.75) is 59.2 Å². The van der Waals surface area contributed by atoms with Gasteiger partial charge in [0.2, 0.25) is 0 Å². The Hall–Kier alpha value is -1.02. The Labute approximate surface area is 117 Å². The molecule has 2 aliphatic heterocycles. The predicted molar refractivity (Wildman–Crippen MR) is 81.6 cm³/mol. The van der Waals surface area contributed by atoms with Gasteiger partial charge in [-0.3, -0.25) is 4.90 Å². The Morgan fingerprint density at radius 1 is 1.11 bits per heavy atom. The molecule has 0 aliphatic carbocycles. The molecule has 2 heterocycles. The number of rotatable bonds is 2. The van der Waals surface area contributed by atoms with Crippen LogP contribution in [0.4, 0.5) is 5.69 Å². The highest BCUT2D eigenvalue weighted by Gasteiger charge is 2.26. The third-order valence-corrected chi connectivity index (χ3v) is 4.78. The van der Waals surface area contributed by atoms with Crippen LogP contribution < -0.4 is 5.32 Å². The summed E-state index contributed by atoms with van der Waals surface area (Å²) in [4.78, 5) is 2.57. The number of benzene rings is 1. The van der Waals surface area contributed by atoms with Crippen LogP contribution in [0, 0.1) is 5.92 Å². The first-order valence-corrected chi connectivity index (χ1v) is 7.70. The van der Waals surface area contributed by atoms with Crippen molar-refractivity contribution >= 4 is 5.69 Å². The molecule has 0 radical (unpaired) electrons. The van der Waals surface area contributed by atoms with Crippen LogP contribution in [0.2, 0.25) is 0 Å². The van der Waals surface area contributed by atoms with E-state index in [9.17, 15) is 0 Å². The van der Waals surface area contributed by atoms with E-state index in [1.54, 1.807) is 5.56 Å². The van der Waals surface area contributed by atoms with Gasteiger partial charge in [-0.25, -0.2) is 0 Å². The van der Waals surface area contributed by atoms with Gasteiger partial charge in [0.25, 0.3) is 0 Å². The first-order valence-electron chi connectivity index (χ1n) is 7.70. The average molecular weight is 258 g/mol. The lowest BCUT2D eigenvalue weighted by molar-refractivity contribution is 0.203. The lowest BCUT2D eigenvalue weighted by atomic mass is 9.94. The van der Waals surface area contributed by atoms with E-state index < -0.39 is 0 Å². The molecular formula is C17H26N2. The number of nitrogens with zero attached hydrogens (tertiary/aromatic N) is 1. The molecule has 0 saturated heterocycles. The summed E-state index contributed by atoms with van der Waals surface area (Å²) in [6.45, 7) is 11.5. The van der Waals surface area contributed by atoms with E-state index in [1.165, 1.54) is 36.2 Å². The average Bonchev–Trinajstić information content (AvgIpc) is 2.78. The van der Waals surface area contributed by atoms with Crippen molar-refractivity contribution in [3.05, 3.63) is 28.8 Å². The molecule has 2 heteroatoms. The highest BCUT2D eigenvalue weighted by Crippen LogP contribution is 2.33. The third-order valence-electron chi connectivity index (χ3n) is 4.78. The molecule has 1 aromatic carbocycles. The van der Waals surface area contributed by atoms with Crippen molar-refractivity contribution in [3.8, 4) is 0 Å². The maximum atomic E-state index is 3.71. The Morgan fingerprint density at radius 2 is 1.89 bits per heavy atom. The van der Waals surface area contributed by atoms with Crippen LogP contribution in [0.5, 0.6) is 0 Å². The summed E-state index contributed by atoms with van der Waals surface area (Å²) < 4.78 is 0. The van der Waals surface area contributed by atoms with Gasteiger partial charge in [-0.1, -0.05) is 19.9 Å². The van der Waals surface area contributed by atoms with E-state index in [-0.39, 0.29) is 0 Å². The van der Waals surface area contributed by atoms with Crippen LogP contribution in [0.25, 0.3) is 0 Å². The first-order chi connectivity index (χ1) is 9.04. The molecule has 0 bridgehead atoms. The summed E-state index contributed by atoms with van der Waals surface area (Å²) in [7, 11) is 0. The van der Waals surface area contributed by atoms with E-state index in [0.717, 1.165) is 6.54 Å². The molecule has 19 heavy (non-hydrogen) atoms. The Balaban J connectivity index is 1.86. The number of nitrogens with one attached hydrogen (secondary N) is 1. The van der Waals surface area contributed by atoms with Gasteiger partial charge in [-0.05, 0) is 55.4 Å².